The third-order valence-electron chi connectivity index (χ3n) is 0.715. The number of hydrogen-bond acceptors (Lipinski definition) is 5. The maximum absolute atomic E-state index is 8.17. The fraction of sp³-hybridized carbons (Fsp3) is 0.167. The van der Waals surface area contributed by atoms with Crippen molar-refractivity contribution >= 4 is 5.71 Å². The first-order valence-corrected chi connectivity index (χ1v) is 2.45. The molecular weight excluding hydrogens is 142 g/mol. The van der Waals surface area contributed by atoms with Crippen LogP contribution in [0.15, 0.2) is 4.99 Å². The second-order valence-corrected chi connectivity index (χ2v) is 1.36. The minimum absolute atomic E-state index is 0.460. The number of nitrogens with zero attached hydrogens (tertiary/aromatic N) is 5. The van der Waals surface area contributed by atoms with Crippen LogP contribution in [0.5, 0.6) is 0 Å². The first kappa shape index (κ1) is 8.63. The van der Waals surface area contributed by atoms with Crippen LogP contribution in [0.2, 0.25) is 0 Å². The molecule has 0 atom stereocenters. The van der Waals surface area contributed by atoms with E-state index in [1.165, 1.54) is 24.3 Å². The molecule has 0 amide bonds. The van der Waals surface area contributed by atoms with Gasteiger partial charge in [-0.2, -0.15) is 21.0 Å². The Kier molecular flexibility index (Phi) is 3.53. The fourth-order valence-corrected chi connectivity index (χ4v) is 0.298. The van der Waals surface area contributed by atoms with Crippen LogP contribution in [0.25, 0.3) is 0 Å². The SMILES string of the molecule is N#CC(C#N)=NC(C#N)C#N. The lowest BCUT2D eigenvalue weighted by Gasteiger charge is -1.84. The van der Waals surface area contributed by atoms with Crippen molar-refractivity contribution in [2.24, 2.45) is 4.99 Å². The molecular formula is C6HN5. The monoisotopic (exact) mass is 143 g/mol. The molecule has 11 heavy (non-hydrogen) atoms. The molecule has 0 heterocycles. The Balaban J connectivity index is 4.62. The van der Waals surface area contributed by atoms with Crippen LogP contribution in [0.1, 0.15) is 0 Å². The second-order valence-electron chi connectivity index (χ2n) is 1.36. The van der Waals surface area contributed by atoms with E-state index in [4.69, 9.17) is 21.0 Å². The maximum Gasteiger partial charge on any atom is 0.224 e. The van der Waals surface area contributed by atoms with Gasteiger partial charge >= 0.3 is 0 Å². The van der Waals surface area contributed by atoms with Crippen molar-refractivity contribution in [2.45, 2.75) is 6.04 Å². The minimum Gasteiger partial charge on any atom is -0.230 e. The van der Waals surface area contributed by atoms with Gasteiger partial charge in [-0.1, -0.05) is 0 Å². The topological polar surface area (TPSA) is 108 Å². The van der Waals surface area contributed by atoms with E-state index in [1.807, 2.05) is 0 Å². The first-order valence-electron chi connectivity index (χ1n) is 2.45. The highest BCUT2D eigenvalue weighted by atomic mass is 14.8. The van der Waals surface area contributed by atoms with Gasteiger partial charge in [0.1, 0.15) is 24.3 Å². The quantitative estimate of drug-likeness (QED) is 0.477. The molecule has 0 aromatic carbocycles. The van der Waals surface area contributed by atoms with E-state index in [0.717, 1.165) is 0 Å². The molecule has 0 unspecified atom stereocenters. The normalized spacial score (nSPS) is 6.64. The van der Waals surface area contributed by atoms with Crippen LogP contribution >= 0.6 is 0 Å². The van der Waals surface area contributed by atoms with Gasteiger partial charge in [0.25, 0.3) is 0 Å². The van der Waals surface area contributed by atoms with E-state index in [1.54, 1.807) is 0 Å². The molecule has 0 aliphatic rings. The van der Waals surface area contributed by atoms with Gasteiger partial charge in [-0.15, -0.1) is 0 Å². The van der Waals surface area contributed by atoms with Crippen molar-refractivity contribution in [3.8, 4) is 24.3 Å². The highest BCUT2D eigenvalue weighted by Crippen LogP contribution is 1.86. The van der Waals surface area contributed by atoms with Gasteiger partial charge in [-0.05, 0) is 0 Å². The third kappa shape index (κ3) is 2.61. The summed E-state index contributed by atoms with van der Waals surface area (Å²) in [6, 6.07) is 4.62. The van der Waals surface area contributed by atoms with Crippen LogP contribution in [0.4, 0.5) is 0 Å². The Morgan fingerprint density at radius 3 is 1.73 bits per heavy atom. The lowest BCUT2D eigenvalue weighted by atomic mass is 10.3. The molecule has 0 spiro atoms. The summed E-state index contributed by atoms with van der Waals surface area (Å²) in [4.78, 5) is 3.22. The molecule has 0 radical (unpaired) electrons. The summed E-state index contributed by atoms with van der Waals surface area (Å²) in [7, 11) is 0. The zero-order valence-electron chi connectivity index (χ0n) is 5.31. The van der Waals surface area contributed by atoms with Crippen LogP contribution in [0, 0.1) is 45.3 Å². The summed E-state index contributed by atoms with van der Waals surface area (Å²) in [5, 5.41) is 32.6. The molecule has 0 aliphatic carbocycles. The lowest BCUT2D eigenvalue weighted by Crippen LogP contribution is -2.00. The third-order valence-corrected chi connectivity index (χ3v) is 0.715. The molecule has 0 aromatic rings. The molecule has 0 bridgehead atoms. The van der Waals surface area contributed by atoms with Gasteiger partial charge < -0.3 is 0 Å². The standard InChI is InChI=1S/C6HN5/c7-1-5(2-8)11-6(3-9)4-10/h5H. The molecule has 5 heteroatoms. The van der Waals surface area contributed by atoms with Crippen LogP contribution < -0.4 is 0 Å². The van der Waals surface area contributed by atoms with E-state index in [-0.39, 0.29) is 0 Å². The van der Waals surface area contributed by atoms with E-state index in [2.05, 4.69) is 4.99 Å². The van der Waals surface area contributed by atoms with Crippen molar-refractivity contribution < 1.29 is 0 Å². The van der Waals surface area contributed by atoms with E-state index < -0.39 is 11.8 Å². The first-order chi connectivity index (χ1) is 5.28. The van der Waals surface area contributed by atoms with Gasteiger partial charge in [0.2, 0.25) is 11.8 Å². The number of rotatable bonds is 1. The molecule has 0 N–H and O–H groups in total. The number of hydrogen-bond donors (Lipinski definition) is 0. The van der Waals surface area contributed by atoms with E-state index in [9.17, 15) is 0 Å². The van der Waals surface area contributed by atoms with Gasteiger partial charge in [-0.3, -0.25) is 0 Å². The average molecular weight is 143 g/mol. The molecule has 0 saturated carbocycles. The predicted molar refractivity (Wildman–Crippen MR) is 33.7 cm³/mol. The fourth-order valence-electron chi connectivity index (χ4n) is 0.298. The Labute approximate surface area is 63.0 Å². The number of nitriles is 4. The van der Waals surface area contributed by atoms with Gasteiger partial charge in [-0.25, -0.2) is 4.99 Å². The van der Waals surface area contributed by atoms with Crippen LogP contribution in [-0.4, -0.2) is 11.8 Å². The molecule has 0 saturated heterocycles. The van der Waals surface area contributed by atoms with Crippen molar-refractivity contribution in [3.05, 3.63) is 0 Å². The predicted octanol–water partition coefficient (Wildman–Crippen LogP) is -0.110. The van der Waals surface area contributed by atoms with Crippen molar-refractivity contribution in [1.29, 1.82) is 21.0 Å². The van der Waals surface area contributed by atoms with Gasteiger partial charge in [0, 0.05) is 0 Å². The summed E-state index contributed by atoms with van der Waals surface area (Å²) in [6.45, 7) is 0. The summed E-state index contributed by atoms with van der Waals surface area (Å²) >= 11 is 0. The smallest absolute Gasteiger partial charge is 0.224 e. The molecule has 50 valence electrons. The highest BCUT2D eigenvalue weighted by Gasteiger charge is 2.03. The Morgan fingerprint density at radius 2 is 1.45 bits per heavy atom. The lowest BCUT2D eigenvalue weighted by molar-refractivity contribution is 1.05. The van der Waals surface area contributed by atoms with Gasteiger partial charge in [0.05, 0.1) is 0 Å². The van der Waals surface area contributed by atoms with Crippen molar-refractivity contribution in [1.82, 2.24) is 0 Å². The Hall–Kier alpha value is -2.37. The van der Waals surface area contributed by atoms with Crippen molar-refractivity contribution in [2.75, 3.05) is 0 Å². The largest absolute Gasteiger partial charge is 0.230 e. The minimum atomic E-state index is -1.26. The van der Waals surface area contributed by atoms with E-state index in [0.29, 0.717) is 0 Å². The Bertz CT molecular complexity index is 296. The Morgan fingerprint density at radius 1 is 1.00 bits per heavy atom. The molecule has 0 rings (SSSR count). The maximum atomic E-state index is 8.17. The molecule has 0 aromatic heterocycles. The van der Waals surface area contributed by atoms with Gasteiger partial charge in [0.15, 0.2) is 0 Å². The zero-order valence-corrected chi connectivity index (χ0v) is 5.31. The average Bonchev–Trinajstić information content (AvgIpc) is 2.07. The number of aliphatic imine (C=N–C) groups is 1. The summed E-state index contributed by atoms with van der Waals surface area (Å²) in [5.74, 6) is 0. The highest BCUT2D eigenvalue weighted by molar-refractivity contribution is 6.10. The van der Waals surface area contributed by atoms with Crippen LogP contribution in [-0.2, 0) is 0 Å². The molecule has 0 fully saturated rings. The zero-order chi connectivity index (χ0) is 8.69. The summed E-state index contributed by atoms with van der Waals surface area (Å²) < 4.78 is 0. The summed E-state index contributed by atoms with van der Waals surface area (Å²) in [6.07, 6.45) is 0. The summed E-state index contributed by atoms with van der Waals surface area (Å²) in [5.41, 5.74) is -0.460. The second kappa shape index (κ2) is 4.50. The molecule has 0 aliphatic heterocycles. The molecule has 5 nitrogen and oxygen atoms in total. The van der Waals surface area contributed by atoms with Crippen LogP contribution in [0.3, 0.4) is 0 Å². The van der Waals surface area contributed by atoms with E-state index >= 15 is 0 Å². The van der Waals surface area contributed by atoms with Crippen molar-refractivity contribution in [3.63, 3.8) is 0 Å².